The largest absolute Gasteiger partial charge is 0.328 e. The Balaban J connectivity index is 1.89. The predicted octanol–water partition coefficient (Wildman–Crippen LogP) is 2.98. The van der Waals surface area contributed by atoms with E-state index in [1.165, 1.54) is 11.1 Å². The minimum Gasteiger partial charge on any atom is -0.328 e. The molecule has 90 valence electrons. The van der Waals surface area contributed by atoms with Crippen LogP contribution in [-0.2, 0) is 13.0 Å². The van der Waals surface area contributed by atoms with E-state index >= 15 is 0 Å². The van der Waals surface area contributed by atoms with Crippen LogP contribution in [0.4, 0.5) is 0 Å². The highest BCUT2D eigenvalue weighted by Gasteiger charge is 2.06. The van der Waals surface area contributed by atoms with Crippen LogP contribution in [0.3, 0.4) is 0 Å². The van der Waals surface area contributed by atoms with E-state index in [1.807, 2.05) is 18.5 Å². The maximum atomic E-state index is 4.58. The van der Waals surface area contributed by atoms with E-state index in [0.29, 0.717) is 0 Å². The molecule has 0 unspecified atom stereocenters. The summed E-state index contributed by atoms with van der Waals surface area (Å²) < 4.78 is 2.27. The van der Waals surface area contributed by atoms with Crippen molar-refractivity contribution in [2.45, 2.75) is 19.9 Å². The molecule has 3 heteroatoms. The first kappa shape index (κ1) is 11.0. The van der Waals surface area contributed by atoms with E-state index in [0.717, 1.165) is 24.3 Å². The van der Waals surface area contributed by atoms with Crippen LogP contribution in [0.2, 0.25) is 0 Å². The second kappa shape index (κ2) is 4.61. The average molecular weight is 237 g/mol. The summed E-state index contributed by atoms with van der Waals surface area (Å²) in [6.45, 7) is 3.02. The lowest BCUT2D eigenvalue weighted by atomic mass is 10.2. The van der Waals surface area contributed by atoms with Gasteiger partial charge in [-0.1, -0.05) is 12.1 Å². The number of benzene rings is 1. The lowest BCUT2D eigenvalue weighted by Crippen LogP contribution is -2.03. The molecule has 3 aromatic rings. The lowest BCUT2D eigenvalue weighted by Gasteiger charge is -2.06. The van der Waals surface area contributed by atoms with Gasteiger partial charge < -0.3 is 4.57 Å². The number of nitrogens with zero attached hydrogens (tertiary/aromatic N) is 3. The van der Waals surface area contributed by atoms with Crippen LogP contribution in [-0.4, -0.2) is 14.5 Å². The molecule has 0 atom stereocenters. The van der Waals surface area contributed by atoms with Crippen molar-refractivity contribution in [2.24, 2.45) is 0 Å². The number of hydrogen-bond donors (Lipinski definition) is 0. The van der Waals surface area contributed by atoms with Gasteiger partial charge in [0.15, 0.2) is 0 Å². The van der Waals surface area contributed by atoms with Gasteiger partial charge in [-0.05, 0) is 43.2 Å². The molecular formula is C15H15N3. The van der Waals surface area contributed by atoms with Crippen LogP contribution in [0.25, 0.3) is 11.0 Å². The van der Waals surface area contributed by atoms with Gasteiger partial charge >= 0.3 is 0 Å². The third-order valence-corrected chi connectivity index (χ3v) is 3.22. The summed E-state index contributed by atoms with van der Waals surface area (Å²) in [5.41, 5.74) is 3.59. The first-order chi connectivity index (χ1) is 8.84. The number of pyridine rings is 1. The summed E-state index contributed by atoms with van der Waals surface area (Å²) in [6.07, 6.45) is 4.69. The minimum atomic E-state index is 0.955. The Morgan fingerprint density at radius 1 is 1.06 bits per heavy atom. The third kappa shape index (κ3) is 1.99. The Morgan fingerprint density at radius 2 is 1.83 bits per heavy atom. The van der Waals surface area contributed by atoms with Gasteiger partial charge in [-0.15, -0.1) is 0 Å². The van der Waals surface area contributed by atoms with Gasteiger partial charge in [-0.25, -0.2) is 4.98 Å². The molecule has 0 saturated heterocycles. The molecule has 0 N–H and O–H groups in total. The molecule has 2 heterocycles. The van der Waals surface area contributed by atoms with Gasteiger partial charge in [0, 0.05) is 18.9 Å². The van der Waals surface area contributed by atoms with Crippen LogP contribution in [0.15, 0.2) is 48.8 Å². The number of aromatic nitrogens is 3. The Bertz CT molecular complexity index is 656. The van der Waals surface area contributed by atoms with Gasteiger partial charge in [0.25, 0.3) is 0 Å². The zero-order valence-electron chi connectivity index (χ0n) is 10.4. The molecule has 0 aliphatic rings. The zero-order chi connectivity index (χ0) is 12.4. The number of aryl methyl sites for hydroxylation is 3. The van der Waals surface area contributed by atoms with E-state index in [2.05, 4.69) is 51.8 Å². The van der Waals surface area contributed by atoms with Crippen molar-refractivity contribution < 1.29 is 0 Å². The molecule has 0 saturated carbocycles. The summed E-state index contributed by atoms with van der Waals surface area (Å²) in [7, 11) is 0. The first-order valence-corrected chi connectivity index (χ1v) is 6.15. The molecule has 0 spiro atoms. The molecule has 0 radical (unpaired) electrons. The summed E-state index contributed by atoms with van der Waals surface area (Å²) in [5.74, 6) is 1.07. The molecule has 0 amide bonds. The van der Waals surface area contributed by atoms with Gasteiger partial charge in [0.1, 0.15) is 5.82 Å². The third-order valence-electron chi connectivity index (χ3n) is 3.22. The van der Waals surface area contributed by atoms with Crippen molar-refractivity contribution in [1.82, 2.24) is 14.5 Å². The molecular weight excluding hydrogens is 222 g/mol. The number of hydrogen-bond acceptors (Lipinski definition) is 2. The Hall–Kier alpha value is -2.16. The van der Waals surface area contributed by atoms with E-state index in [1.54, 1.807) is 0 Å². The molecule has 0 aliphatic heterocycles. The normalized spacial score (nSPS) is 10.9. The molecule has 18 heavy (non-hydrogen) atoms. The van der Waals surface area contributed by atoms with Crippen molar-refractivity contribution in [3.8, 4) is 0 Å². The number of imidazole rings is 1. The van der Waals surface area contributed by atoms with Gasteiger partial charge in [-0.3, -0.25) is 4.98 Å². The zero-order valence-corrected chi connectivity index (χ0v) is 10.4. The summed E-state index contributed by atoms with van der Waals surface area (Å²) in [5, 5.41) is 0. The molecule has 0 fully saturated rings. The van der Waals surface area contributed by atoms with Crippen LogP contribution in [0.5, 0.6) is 0 Å². The minimum absolute atomic E-state index is 0.955. The van der Waals surface area contributed by atoms with E-state index < -0.39 is 0 Å². The van der Waals surface area contributed by atoms with Crippen molar-refractivity contribution in [3.63, 3.8) is 0 Å². The molecule has 3 nitrogen and oxygen atoms in total. The Kier molecular flexibility index (Phi) is 2.81. The monoisotopic (exact) mass is 237 g/mol. The highest BCUT2D eigenvalue weighted by Crippen LogP contribution is 2.16. The van der Waals surface area contributed by atoms with Crippen molar-refractivity contribution in [2.75, 3.05) is 0 Å². The number of fused-ring (bicyclic) bond motifs is 1. The van der Waals surface area contributed by atoms with Gasteiger partial charge in [-0.2, -0.15) is 0 Å². The van der Waals surface area contributed by atoms with Crippen LogP contribution >= 0.6 is 0 Å². The predicted molar refractivity (Wildman–Crippen MR) is 72.4 cm³/mol. The maximum absolute atomic E-state index is 4.58. The van der Waals surface area contributed by atoms with Crippen molar-refractivity contribution in [3.05, 3.63) is 60.2 Å². The van der Waals surface area contributed by atoms with Crippen LogP contribution in [0.1, 0.15) is 11.4 Å². The number of rotatable bonds is 3. The lowest BCUT2D eigenvalue weighted by molar-refractivity contribution is 0.692. The van der Waals surface area contributed by atoms with Gasteiger partial charge in [0.05, 0.1) is 11.0 Å². The quantitative estimate of drug-likeness (QED) is 0.701. The van der Waals surface area contributed by atoms with Gasteiger partial charge in [0.2, 0.25) is 0 Å². The SMILES string of the molecule is Cc1nc2ccccc2n1CCc1ccncc1. The average Bonchev–Trinajstić information content (AvgIpc) is 2.73. The topological polar surface area (TPSA) is 30.7 Å². The van der Waals surface area contributed by atoms with Crippen molar-refractivity contribution in [1.29, 1.82) is 0 Å². The van der Waals surface area contributed by atoms with E-state index in [4.69, 9.17) is 0 Å². The van der Waals surface area contributed by atoms with E-state index in [-0.39, 0.29) is 0 Å². The molecule has 0 bridgehead atoms. The summed E-state index contributed by atoms with van der Waals surface area (Å²) >= 11 is 0. The number of para-hydroxylation sites is 2. The van der Waals surface area contributed by atoms with Crippen molar-refractivity contribution >= 4 is 11.0 Å². The Morgan fingerprint density at radius 3 is 2.67 bits per heavy atom. The fourth-order valence-electron chi connectivity index (χ4n) is 2.27. The second-order valence-corrected chi connectivity index (χ2v) is 4.40. The maximum Gasteiger partial charge on any atom is 0.106 e. The van der Waals surface area contributed by atoms with Crippen LogP contribution in [0, 0.1) is 6.92 Å². The molecule has 2 aromatic heterocycles. The Labute approximate surface area is 106 Å². The van der Waals surface area contributed by atoms with E-state index in [9.17, 15) is 0 Å². The first-order valence-electron chi connectivity index (χ1n) is 6.15. The standard InChI is InChI=1S/C15H15N3/c1-12-17-14-4-2-3-5-15(14)18(12)11-8-13-6-9-16-10-7-13/h2-7,9-10H,8,11H2,1H3. The summed E-state index contributed by atoms with van der Waals surface area (Å²) in [6, 6.07) is 12.4. The summed E-state index contributed by atoms with van der Waals surface area (Å²) in [4.78, 5) is 8.61. The highest BCUT2D eigenvalue weighted by atomic mass is 15.1. The van der Waals surface area contributed by atoms with Crippen LogP contribution < -0.4 is 0 Å². The highest BCUT2D eigenvalue weighted by molar-refractivity contribution is 5.75. The fourth-order valence-corrected chi connectivity index (χ4v) is 2.27. The molecule has 3 rings (SSSR count). The second-order valence-electron chi connectivity index (χ2n) is 4.40. The molecule has 0 aliphatic carbocycles. The molecule has 1 aromatic carbocycles. The smallest absolute Gasteiger partial charge is 0.106 e. The fraction of sp³-hybridized carbons (Fsp3) is 0.200.